The Kier molecular flexibility index (Phi) is 3.76. The first-order valence-electron chi connectivity index (χ1n) is 7.26. The van der Waals surface area contributed by atoms with Crippen molar-refractivity contribution in [3.05, 3.63) is 35.1 Å². The zero-order valence-electron chi connectivity index (χ0n) is 11.6. The Bertz CT molecular complexity index is 554. The van der Waals surface area contributed by atoms with Crippen LogP contribution in [0.25, 0.3) is 0 Å². The van der Waals surface area contributed by atoms with Crippen LogP contribution < -0.4 is 0 Å². The van der Waals surface area contributed by atoms with Crippen LogP contribution in [-0.4, -0.2) is 20.5 Å². The minimum absolute atomic E-state index is 0.0376. The molecule has 4 heteroatoms. The first-order valence-corrected chi connectivity index (χ1v) is 8.53. The molecule has 2 unspecified atom stereocenters. The van der Waals surface area contributed by atoms with Crippen LogP contribution in [0.1, 0.15) is 48.0 Å². The summed E-state index contributed by atoms with van der Waals surface area (Å²) in [4.78, 5) is 12.6. The predicted molar refractivity (Wildman–Crippen MR) is 77.8 cm³/mol. The zero-order valence-corrected chi connectivity index (χ0v) is 12.4. The average molecular weight is 294 g/mol. The van der Waals surface area contributed by atoms with Crippen molar-refractivity contribution in [2.24, 2.45) is 5.92 Å². The summed E-state index contributed by atoms with van der Waals surface area (Å²) in [6.07, 6.45) is 4.47. The Morgan fingerprint density at radius 2 is 1.90 bits per heavy atom. The molecule has 20 heavy (non-hydrogen) atoms. The van der Waals surface area contributed by atoms with Crippen molar-refractivity contribution in [2.75, 3.05) is 0 Å². The molecule has 0 N–H and O–H groups in total. The topological polar surface area (TPSA) is 34.1 Å². The molecule has 0 aliphatic carbocycles. The third kappa shape index (κ3) is 2.46. The van der Waals surface area contributed by atoms with E-state index in [0.29, 0.717) is 18.4 Å². The lowest BCUT2D eigenvalue weighted by molar-refractivity contribution is 0.0894. The number of hydrogen-bond donors (Lipinski definition) is 0. The molecule has 2 heterocycles. The second-order valence-corrected chi connectivity index (χ2v) is 7.99. The SMILES string of the molecule is Cc1ccc(F)cc1C(=O)C1CC2CCCC(C1)S2=O. The number of rotatable bonds is 2. The Balaban J connectivity index is 1.84. The van der Waals surface area contributed by atoms with E-state index in [1.54, 1.807) is 6.07 Å². The summed E-state index contributed by atoms with van der Waals surface area (Å²) in [5.74, 6) is -0.405. The van der Waals surface area contributed by atoms with Gasteiger partial charge in [-0.1, -0.05) is 12.5 Å². The number of Topliss-reactive ketones (excluding diaryl/α,β-unsaturated/α-hetero) is 1. The van der Waals surface area contributed by atoms with E-state index in [1.807, 2.05) is 6.92 Å². The molecular weight excluding hydrogens is 275 g/mol. The van der Waals surface area contributed by atoms with E-state index in [0.717, 1.165) is 24.8 Å². The van der Waals surface area contributed by atoms with Crippen LogP contribution in [0, 0.1) is 18.7 Å². The highest BCUT2D eigenvalue weighted by Crippen LogP contribution is 2.38. The number of carbonyl (C=O) groups is 1. The van der Waals surface area contributed by atoms with Crippen molar-refractivity contribution < 1.29 is 13.4 Å². The smallest absolute Gasteiger partial charge is 0.166 e. The molecule has 2 fully saturated rings. The highest BCUT2D eigenvalue weighted by molar-refractivity contribution is 7.86. The molecule has 0 amide bonds. The van der Waals surface area contributed by atoms with Gasteiger partial charge in [-0.3, -0.25) is 9.00 Å². The molecule has 2 aliphatic heterocycles. The lowest BCUT2D eigenvalue weighted by atomic mass is 9.83. The fraction of sp³-hybridized carbons (Fsp3) is 0.562. The average Bonchev–Trinajstić information content (AvgIpc) is 2.40. The summed E-state index contributed by atoms with van der Waals surface area (Å²) in [7, 11) is -0.766. The van der Waals surface area contributed by atoms with Crippen molar-refractivity contribution in [3.8, 4) is 0 Å². The van der Waals surface area contributed by atoms with Gasteiger partial charge in [-0.15, -0.1) is 0 Å². The maximum Gasteiger partial charge on any atom is 0.166 e. The van der Waals surface area contributed by atoms with Gasteiger partial charge in [0.2, 0.25) is 0 Å². The summed E-state index contributed by atoms with van der Waals surface area (Å²) >= 11 is 0. The van der Waals surface area contributed by atoms with Crippen LogP contribution >= 0.6 is 0 Å². The van der Waals surface area contributed by atoms with Gasteiger partial charge in [0.05, 0.1) is 0 Å². The van der Waals surface area contributed by atoms with Gasteiger partial charge in [0.1, 0.15) is 5.82 Å². The molecule has 1 aromatic rings. The van der Waals surface area contributed by atoms with Gasteiger partial charge in [0, 0.05) is 32.8 Å². The molecule has 2 saturated heterocycles. The van der Waals surface area contributed by atoms with Gasteiger partial charge >= 0.3 is 0 Å². The Morgan fingerprint density at radius 3 is 2.55 bits per heavy atom. The summed E-state index contributed by atoms with van der Waals surface area (Å²) in [5.41, 5.74) is 1.33. The molecule has 3 rings (SSSR count). The number of halogens is 1. The third-order valence-electron chi connectivity index (χ3n) is 4.64. The van der Waals surface area contributed by atoms with Gasteiger partial charge in [-0.2, -0.15) is 0 Å². The van der Waals surface area contributed by atoms with Crippen molar-refractivity contribution >= 4 is 16.6 Å². The zero-order chi connectivity index (χ0) is 14.3. The number of benzene rings is 1. The molecule has 0 radical (unpaired) electrons. The largest absolute Gasteiger partial charge is 0.294 e. The molecule has 0 saturated carbocycles. The lowest BCUT2D eigenvalue weighted by Crippen LogP contribution is -2.41. The second-order valence-electron chi connectivity index (χ2n) is 6.00. The van der Waals surface area contributed by atoms with Crippen molar-refractivity contribution in [1.29, 1.82) is 0 Å². The minimum Gasteiger partial charge on any atom is -0.294 e. The van der Waals surface area contributed by atoms with Crippen LogP contribution in [0.5, 0.6) is 0 Å². The van der Waals surface area contributed by atoms with Crippen LogP contribution in [0.2, 0.25) is 0 Å². The molecule has 108 valence electrons. The fourth-order valence-electron chi connectivity index (χ4n) is 3.53. The van der Waals surface area contributed by atoms with Crippen molar-refractivity contribution in [1.82, 2.24) is 0 Å². The minimum atomic E-state index is -0.766. The molecule has 1 aromatic carbocycles. The molecule has 0 spiro atoms. The highest BCUT2D eigenvalue weighted by Gasteiger charge is 2.40. The first-order chi connectivity index (χ1) is 9.56. The Morgan fingerprint density at radius 1 is 1.25 bits per heavy atom. The molecule has 2 bridgehead atoms. The fourth-order valence-corrected chi connectivity index (χ4v) is 5.71. The van der Waals surface area contributed by atoms with Gasteiger partial charge in [0.25, 0.3) is 0 Å². The number of fused-ring (bicyclic) bond motifs is 2. The summed E-state index contributed by atoms with van der Waals surface area (Å²) < 4.78 is 25.5. The Hall–Kier alpha value is -1.03. The lowest BCUT2D eigenvalue weighted by Gasteiger charge is -2.37. The molecule has 2 nitrogen and oxygen atoms in total. The number of hydrogen-bond acceptors (Lipinski definition) is 2. The summed E-state index contributed by atoms with van der Waals surface area (Å²) in [6.45, 7) is 1.84. The summed E-state index contributed by atoms with van der Waals surface area (Å²) in [6, 6.07) is 4.39. The monoisotopic (exact) mass is 294 g/mol. The summed E-state index contributed by atoms with van der Waals surface area (Å²) in [5, 5.41) is 0.343. The van der Waals surface area contributed by atoms with E-state index in [2.05, 4.69) is 0 Å². The van der Waals surface area contributed by atoms with Gasteiger partial charge in [-0.25, -0.2) is 4.39 Å². The quantitative estimate of drug-likeness (QED) is 0.783. The van der Waals surface area contributed by atoms with E-state index < -0.39 is 10.8 Å². The van der Waals surface area contributed by atoms with E-state index in [-0.39, 0.29) is 28.0 Å². The second kappa shape index (κ2) is 5.40. The molecule has 2 aliphatic rings. The maximum atomic E-state index is 13.4. The van der Waals surface area contributed by atoms with Crippen LogP contribution in [0.15, 0.2) is 18.2 Å². The normalized spacial score (nSPS) is 32.9. The standard InChI is InChI=1S/C16H19FO2S/c1-10-5-6-12(17)9-15(10)16(18)11-7-13-3-2-4-14(8-11)20(13)19/h5-6,9,11,13-14H,2-4,7-8H2,1H3. The van der Waals surface area contributed by atoms with Crippen LogP contribution in [0.4, 0.5) is 4.39 Å². The van der Waals surface area contributed by atoms with E-state index in [9.17, 15) is 13.4 Å². The van der Waals surface area contributed by atoms with Crippen molar-refractivity contribution in [2.45, 2.75) is 49.5 Å². The molecule has 2 atom stereocenters. The maximum absolute atomic E-state index is 13.4. The van der Waals surface area contributed by atoms with E-state index in [4.69, 9.17) is 0 Å². The molecular formula is C16H19FO2S. The molecule has 0 aromatic heterocycles. The number of ketones is 1. The van der Waals surface area contributed by atoms with E-state index in [1.165, 1.54) is 12.1 Å². The van der Waals surface area contributed by atoms with Gasteiger partial charge in [0.15, 0.2) is 5.78 Å². The third-order valence-corrected chi connectivity index (χ3v) is 6.81. The number of carbonyl (C=O) groups excluding carboxylic acids is 1. The first kappa shape index (κ1) is 13.9. The number of aryl methyl sites for hydroxylation is 1. The van der Waals surface area contributed by atoms with Crippen molar-refractivity contribution in [3.63, 3.8) is 0 Å². The highest BCUT2D eigenvalue weighted by atomic mass is 32.2. The van der Waals surface area contributed by atoms with E-state index >= 15 is 0 Å². The van der Waals surface area contributed by atoms with Gasteiger partial charge in [-0.05, 0) is 50.3 Å². The van der Waals surface area contributed by atoms with Crippen LogP contribution in [-0.2, 0) is 10.8 Å². The predicted octanol–water partition coefficient (Wildman–Crippen LogP) is 3.40. The van der Waals surface area contributed by atoms with Crippen LogP contribution in [0.3, 0.4) is 0 Å². The van der Waals surface area contributed by atoms with Gasteiger partial charge < -0.3 is 0 Å². The Labute approximate surface area is 121 Å².